The van der Waals surface area contributed by atoms with Gasteiger partial charge >= 0.3 is 5.97 Å². The Balaban J connectivity index is 2.53. The van der Waals surface area contributed by atoms with Crippen molar-refractivity contribution < 1.29 is 14.5 Å². The highest BCUT2D eigenvalue weighted by Gasteiger charge is 2.15. The Hall–Kier alpha value is -2.69. The fourth-order valence-corrected chi connectivity index (χ4v) is 2.05. The Morgan fingerprint density at radius 3 is 2.33 bits per heavy atom. The van der Waals surface area contributed by atoms with Crippen molar-refractivity contribution in [3.05, 3.63) is 63.7 Å². The van der Waals surface area contributed by atoms with Crippen LogP contribution in [0, 0.1) is 10.1 Å². The first-order valence-electron chi connectivity index (χ1n) is 6.52. The van der Waals surface area contributed by atoms with Gasteiger partial charge in [0.1, 0.15) is 0 Å². The van der Waals surface area contributed by atoms with Crippen LogP contribution in [0.4, 0.5) is 5.69 Å². The molecule has 108 valence electrons. The maximum Gasteiger partial charge on any atom is 0.338 e. The van der Waals surface area contributed by atoms with Crippen molar-refractivity contribution in [1.29, 1.82) is 0 Å². The number of carbonyl (C=O) groups is 1. The number of rotatable bonds is 4. The molecule has 0 radical (unpaired) electrons. The van der Waals surface area contributed by atoms with E-state index in [9.17, 15) is 14.9 Å². The molecule has 5 heteroatoms. The van der Waals surface area contributed by atoms with E-state index in [1.165, 1.54) is 24.8 Å². The number of ether oxygens (including phenoxy) is 1. The number of aryl methyl sites for hydroxylation is 1. The number of nitrogens with zero attached hydrogens (tertiary/aromatic N) is 1. The van der Waals surface area contributed by atoms with Crippen LogP contribution in [-0.2, 0) is 11.2 Å². The van der Waals surface area contributed by atoms with Gasteiger partial charge in [-0.05, 0) is 29.2 Å². The standard InChI is InChI=1S/C16H15NO4/c1-3-11-4-6-12(7-5-11)13-8-14(16(18)21-2)10-15(9-13)17(19)20/h4-10H,3H2,1-2H3. The lowest BCUT2D eigenvalue weighted by Gasteiger charge is -2.06. The molecule has 0 fully saturated rings. The monoisotopic (exact) mass is 285 g/mol. The fraction of sp³-hybridized carbons (Fsp3) is 0.188. The van der Waals surface area contributed by atoms with Gasteiger partial charge in [-0.3, -0.25) is 10.1 Å². The molecule has 2 aromatic rings. The van der Waals surface area contributed by atoms with E-state index in [4.69, 9.17) is 0 Å². The van der Waals surface area contributed by atoms with Crippen molar-refractivity contribution in [2.45, 2.75) is 13.3 Å². The molecule has 0 aromatic heterocycles. The molecule has 2 rings (SSSR count). The zero-order valence-electron chi connectivity index (χ0n) is 11.8. The minimum Gasteiger partial charge on any atom is -0.465 e. The van der Waals surface area contributed by atoms with Crippen LogP contribution >= 0.6 is 0 Å². The summed E-state index contributed by atoms with van der Waals surface area (Å²) in [5, 5.41) is 11.0. The van der Waals surface area contributed by atoms with E-state index in [0.717, 1.165) is 12.0 Å². The zero-order valence-corrected chi connectivity index (χ0v) is 11.8. The number of nitro groups is 1. The van der Waals surface area contributed by atoms with E-state index in [1.54, 1.807) is 6.07 Å². The van der Waals surface area contributed by atoms with Crippen molar-refractivity contribution in [2.75, 3.05) is 7.11 Å². The van der Waals surface area contributed by atoms with Gasteiger partial charge in [0.15, 0.2) is 0 Å². The second-order valence-corrected chi connectivity index (χ2v) is 4.57. The average molecular weight is 285 g/mol. The number of methoxy groups -OCH3 is 1. The summed E-state index contributed by atoms with van der Waals surface area (Å²) in [6.45, 7) is 2.05. The van der Waals surface area contributed by atoms with Gasteiger partial charge in [-0.1, -0.05) is 31.2 Å². The molecule has 21 heavy (non-hydrogen) atoms. The first kappa shape index (κ1) is 14.7. The maximum atomic E-state index is 11.6. The summed E-state index contributed by atoms with van der Waals surface area (Å²) in [6.07, 6.45) is 0.919. The van der Waals surface area contributed by atoms with E-state index in [0.29, 0.717) is 5.56 Å². The second kappa shape index (κ2) is 6.17. The van der Waals surface area contributed by atoms with Gasteiger partial charge in [0.05, 0.1) is 17.6 Å². The highest BCUT2D eigenvalue weighted by atomic mass is 16.6. The molecule has 0 atom stereocenters. The predicted octanol–water partition coefficient (Wildman–Crippen LogP) is 3.61. The van der Waals surface area contributed by atoms with E-state index in [-0.39, 0.29) is 11.3 Å². The molecular weight excluding hydrogens is 270 g/mol. The zero-order chi connectivity index (χ0) is 15.4. The van der Waals surface area contributed by atoms with Crippen molar-refractivity contribution in [1.82, 2.24) is 0 Å². The maximum absolute atomic E-state index is 11.6. The lowest BCUT2D eigenvalue weighted by molar-refractivity contribution is -0.384. The van der Waals surface area contributed by atoms with Gasteiger partial charge in [-0.2, -0.15) is 0 Å². The molecule has 0 spiro atoms. The van der Waals surface area contributed by atoms with Crippen LogP contribution in [0.25, 0.3) is 11.1 Å². The quantitative estimate of drug-likeness (QED) is 0.489. The Morgan fingerprint density at radius 1 is 1.14 bits per heavy atom. The molecule has 5 nitrogen and oxygen atoms in total. The van der Waals surface area contributed by atoms with Crippen LogP contribution in [0.5, 0.6) is 0 Å². The number of nitro benzene ring substituents is 1. The molecule has 0 amide bonds. The van der Waals surface area contributed by atoms with Gasteiger partial charge in [0.2, 0.25) is 0 Å². The first-order valence-corrected chi connectivity index (χ1v) is 6.52. The minimum atomic E-state index is -0.592. The third-order valence-electron chi connectivity index (χ3n) is 3.25. The average Bonchev–Trinajstić information content (AvgIpc) is 2.53. The molecule has 0 bridgehead atoms. The topological polar surface area (TPSA) is 69.4 Å². The van der Waals surface area contributed by atoms with Crippen molar-refractivity contribution in [3.63, 3.8) is 0 Å². The van der Waals surface area contributed by atoms with Crippen LogP contribution in [0.1, 0.15) is 22.8 Å². The molecule has 2 aromatic carbocycles. The summed E-state index contributed by atoms with van der Waals surface area (Å²) >= 11 is 0. The summed E-state index contributed by atoms with van der Waals surface area (Å²) < 4.78 is 4.64. The van der Waals surface area contributed by atoms with Crippen molar-refractivity contribution in [2.24, 2.45) is 0 Å². The van der Waals surface area contributed by atoms with E-state index >= 15 is 0 Å². The normalized spacial score (nSPS) is 10.2. The smallest absolute Gasteiger partial charge is 0.338 e. The SMILES string of the molecule is CCc1ccc(-c2cc(C(=O)OC)cc([N+](=O)[O-])c2)cc1. The number of esters is 1. The van der Waals surface area contributed by atoms with Crippen LogP contribution in [0.15, 0.2) is 42.5 Å². The highest BCUT2D eigenvalue weighted by Crippen LogP contribution is 2.27. The van der Waals surface area contributed by atoms with Gasteiger partial charge in [-0.15, -0.1) is 0 Å². The highest BCUT2D eigenvalue weighted by molar-refractivity contribution is 5.92. The lowest BCUT2D eigenvalue weighted by atomic mass is 10.0. The Bertz CT molecular complexity index is 677. The molecule has 0 saturated carbocycles. The van der Waals surface area contributed by atoms with Crippen LogP contribution in [0.2, 0.25) is 0 Å². The molecular formula is C16H15NO4. The number of hydrogen-bond donors (Lipinski definition) is 0. The first-order chi connectivity index (χ1) is 10.0. The van der Waals surface area contributed by atoms with E-state index in [1.807, 2.05) is 24.3 Å². The number of carbonyl (C=O) groups excluding carboxylic acids is 1. The van der Waals surface area contributed by atoms with Gasteiger partial charge < -0.3 is 4.74 Å². The van der Waals surface area contributed by atoms with Crippen molar-refractivity contribution in [3.8, 4) is 11.1 Å². The van der Waals surface area contributed by atoms with Gasteiger partial charge in [0.25, 0.3) is 5.69 Å². The Labute approximate surface area is 122 Å². The second-order valence-electron chi connectivity index (χ2n) is 4.57. The summed E-state index contributed by atoms with van der Waals surface area (Å²) in [5.41, 5.74) is 2.65. The predicted molar refractivity (Wildman–Crippen MR) is 79.2 cm³/mol. The van der Waals surface area contributed by atoms with Crippen molar-refractivity contribution >= 4 is 11.7 Å². The third-order valence-corrected chi connectivity index (χ3v) is 3.25. The molecule has 0 heterocycles. The number of benzene rings is 2. The molecule has 0 aliphatic rings. The molecule has 0 aliphatic heterocycles. The number of non-ortho nitro benzene ring substituents is 1. The third kappa shape index (κ3) is 3.25. The summed E-state index contributed by atoms with van der Waals surface area (Å²) in [6, 6.07) is 12.0. The Morgan fingerprint density at radius 2 is 1.81 bits per heavy atom. The Kier molecular flexibility index (Phi) is 4.33. The van der Waals surface area contributed by atoms with Crippen LogP contribution in [-0.4, -0.2) is 18.0 Å². The number of hydrogen-bond acceptors (Lipinski definition) is 4. The van der Waals surface area contributed by atoms with Crippen LogP contribution in [0.3, 0.4) is 0 Å². The fourth-order valence-electron chi connectivity index (χ4n) is 2.05. The molecule has 0 aliphatic carbocycles. The summed E-state index contributed by atoms with van der Waals surface area (Å²) in [4.78, 5) is 22.1. The van der Waals surface area contributed by atoms with Gasteiger partial charge in [0, 0.05) is 12.1 Å². The summed E-state index contributed by atoms with van der Waals surface area (Å²) in [7, 11) is 1.25. The summed E-state index contributed by atoms with van der Waals surface area (Å²) in [5.74, 6) is -0.592. The van der Waals surface area contributed by atoms with E-state index in [2.05, 4.69) is 11.7 Å². The van der Waals surface area contributed by atoms with E-state index < -0.39 is 10.9 Å². The minimum absolute atomic E-state index is 0.132. The largest absolute Gasteiger partial charge is 0.465 e. The molecule has 0 unspecified atom stereocenters. The molecule has 0 N–H and O–H groups in total. The molecule has 0 saturated heterocycles. The van der Waals surface area contributed by atoms with Crippen LogP contribution < -0.4 is 0 Å². The van der Waals surface area contributed by atoms with Gasteiger partial charge in [-0.25, -0.2) is 4.79 Å². The lowest BCUT2D eigenvalue weighted by Crippen LogP contribution is -2.02.